The molecule has 0 atom stereocenters. The molecule has 0 saturated carbocycles. The first kappa shape index (κ1) is 39.2. The predicted molar refractivity (Wildman–Crippen MR) is 270 cm³/mol. The lowest BCUT2D eigenvalue weighted by molar-refractivity contribution is 0.613. The number of benzene rings is 9. The predicted octanol–water partition coefficient (Wildman–Crippen LogP) is 15.8. The summed E-state index contributed by atoms with van der Waals surface area (Å²) in [6, 6.07) is 85.5. The maximum atomic E-state index is 2.74. The molecular weight excluding hydrogens is 785 g/mol. The van der Waals surface area contributed by atoms with Crippen LogP contribution in [0.5, 0.6) is 0 Å². The van der Waals surface area contributed by atoms with Gasteiger partial charge in [-0.15, -0.1) is 0 Å². The van der Waals surface area contributed by atoms with E-state index < -0.39 is 11.0 Å². The Bertz CT molecular complexity index is 3070. The van der Waals surface area contributed by atoms with Gasteiger partial charge in [0.05, 0.1) is 16.8 Å². The fourth-order valence-corrected chi connectivity index (χ4v) is 12.0. The summed E-state index contributed by atoms with van der Waals surface area (Å²) in [4.78, 5) is 5.24. The van der Waals surface area contributed by atoms with E-state index in [4.69, 9.17) is 0 Å². The minimum Gasteiger partial charge on any atom is -0.336 e. The van der Waals surface area contributed by atoms with E-state index in [9.17, 15) is 0 Å². The Labute approximate surface area is 384 Å². The maximum Gasteiger partial charge on any atom is 0.124 e. The van der Waals surface area contributed by atoms with Crippen LogP contribution in [-0.2, 0) is 11.0 Å². The van der Waals surface area contributed by atoms with E-state index in [2.05, 4.69) is 262 Å². The lowest BCUT2D eigenvalue weighted by Crippen LogP contribution is -2.46. The standard InChI is InChI=1S/C63H51N2/c1-42(2)48-29-21-30-49(43(3)4)61(48)65-60(52-28-13-16-33-55(52)63(65,45-22-7-5-8-23-45)46-24-9-6-10-25-46)44-38-40-47(41-39-44)64-58-36-19-17-34-56(58)62(57-35-18-20-37-59(57)64)53-31-14-11-26-50(53)51-27-12-15-32-54(51)62/h5-43H,1-4H3. The molecule has 2 heterocycles. The third-order valence-corrected chi connectivity index (χ3v) is 14.5. The summed E-state index contributed by atoms with van der Waals surface area (Å²) in [6.45, 7) is 9.37. The second-order valence-corrected chi connectivity index (χ2v) is 18.5. The number of nitrogens with zero attached hydrogens (tertiary/aromatic N) is 2. The molecule has 1 radical (unpaired) electrons. The molecule has 0 unspecified atom stereocenters. The van der Waals surface area contributed by atoms with Crippen LogP contribution < -0.4 is 9.80 Å². The third-order valence-electron chi connectivity index (χ3n) is 14.5. The molecule has 2 nitrogen and oxygen atoms in total. The summed E-state index contributed by atoms with van der Waals surface area (Å²) >= 11 is 0. The molecule has 9 aromatic carbocycles. The number of rotatable bonds is 7. The van der Waals surface area contributed by atoms with Gasteiger partial charge >= 0.3 is 0 Å². The second-order valence-electron chi connectivity index (χ2n) is 18.5. The molecular formula is C63H51N2. The Balaban J connectivity index is 1.09. The average molecular weight is 836 g/mol. The van der Waals surface area contributed by atoms with E-state index in [-0.39, 0.29) is 0 Å². The largest absolute Gasteiger partial charge is 0.336 e. The number of hydrogen-bond acceptors (Lipinski definition) is 2. The number of para-hydroxylation sites is 3. The summed E-state index contributed by atoms with van der Waals surface area (Å²) in [5.41, 5.74) is 20.5. The Hall–Kier alpha value is -7.42. The molecule has 0 bridgehead atoms. The van der Waals surface area contributed by atoms with Gasteiger partial charge in [-0.1, -0.05) is 228 Å². The van der Waals surface area contributed by atoms with Crippen LogP contribution in [0.4, 0.5) is 22.7 Å². The van der Waals surface area contributed by atoms with Crippen molar-refractivity contribution in [2.75, 3.05) is 9.80 Å². The first-order chi connectivity index (χ1) is 32.0. The Morgan fingerprint density at radius 2 is 0.769 bits per heavy atom. The lowest BCUT2D eigenvalue weighted by Gasteiger charge is -2.46. The zero-order valence-corrected chi connectivity index (χ0v) is 37.4. The Morgan fingerprint density at radius 3 is 1.26 bits per heavy atom. The van der Waals surface area contributed by atoms with E-state index in [0.29, 0.717) is 11.8 Å². The average Bonchev–Trinajstić information content (AvgIpc) is 3.83. The molecule has 3 aliphatic rings. The minimum atomic E-state index is -0.658. The van der Waals surface area contributed by atoms with Crippen LogP contribution >= 0.6 is 0 Å². The second kappa shape index (κ2) is 15.1. The highest BCUT2D eigenvalue weighted by Gasteiger charge is 2.55. The van der Waals surface area contributed by atoms with Crippen molar-refractivity contribution >= 4 is 22.7 Å². The van der Waals surface area contributed by atoms with Crippen molar-refractivity contribution in [2.45, 2.75) is 50.5 Å². The quantitative estimate of drug-likeness (QED) is 0.158. The van der Waals surface area contributed by atoms with Crippen LogP contribution in [-0.4, -0.2) is 0 Å². The van der Waals surface area contributed by atoms with Crippen molar-refractivity contribution in [2.24, 2.45) is 0 Å². The van der Waals surface area contributed by atoms with Crippen molar-refractivity contribution in [1.29, 1.82) is 0 Å². The molecule has 0 N–H and O–H groups in total. The molecule has 0 saturated heterocycles. The summed E-state index contributed by atoms with van der Waals surface area (Å²) < 4.78 is 0. The molecule has 1 aliphatic carbocycles. The molecule has 65 heavy (non-hydrogen) atoms. The number of hydrogen-bond donors (Lipinski definition) is 0. The van der Waals surface area contributed by atoms with Crippen LogP contribution in [0.25, 0.3) is 11.1 Å². The van der Waals surface area contributed by atoms with E-state index in [0.717, 1.165) is 5.69 Å². The molecule has 2 aliphatic heterocycles. The first-order valence-electron chi connectivity index (χ1n) is 23.3. The number of anilines is 4. The smallest absolute Gasteiger partial charge is 0.124 e. The van der Waals surface area contributed by atoms with Gasteiger partial charge in [-0.3, -0.25) is 0 Å². The van der Waals surface area contributed by atoms with Crippen molar-refractivity contribution in [3.8, 4) is 11.1 Å². The van der Waals surface area contributed by atoms with Crippen molar-refractivity contribution in [1.82, 2.24) is 0 Å². The van der Waals surface area contributed by atoms with Gasteiger partial charge < -0.3 is 9.80 Å². The molecule has 2 heteroatoms. The van der Waals surface area contributed by atoms with E-state index in [1.807, 2.05) is 0 Å². The fourth-order valence-electron chi connectivity index (χ4n) is 12.0. The topological polar surface area (TPSA) is 6.48 Å². The van der Waals surface area contributed by atoms with Gasteiger partial charge in [0.25, 0.3) is 0 Å². The van der Waals surface area contributed by atoms with Gasteiger partial charge in [0.1, 0.15) is 11.6 Å². The van der Waals surface area contributed by atoms with Gasteiger partial charge in [0, 0.05) is 11.4 Å². The van der Waals surface area contributed by atoms with Gasteiger partial charge in [0.15, 0.2) is 0 Å². The highest BCUT2D eigenvalue weighted by atomic mass is 15.3. The third kappa shape index (κ3) is 5.47. The van der Waals surface area contributed by atoms with Crippen LogP contribution in [0.15, 0.2) is 224 Å². The van der Waals surface area contributed by atoms with Gasteiger partial charge in [-0.2, -0.15) is 0 Å². The molecule has 1 spiro atoms. The first-order valence-corrected chi connectivity index (χ1v) is 23.3. The van der Waals surface area contributed by atoms with E-state index in [1.165, 1.54) is 95.4 Å². The van der Waals surface area contributed by atoms with E-state index >= 15 is 0 Å². The van der Waals surface area contributed by atoms with Crippen molar-refractivity contribution in [3.63, 3.8) is 0 Å². The summed E-state index contributed by atoms with van der Waals surface area (Å²) in [7, 11) is 0. The van der Waals surface area contributed by atoms with Crippen LogP contribution in [0.3, 0.4) is 0 Å². The molecule has 9 aromatic rings. The molecule has 313 valence electrons. The summed E-state index contributed by atoms with van der Waals surface area (Å²) in [6.07, 6.45) is 0. The normalized spacial score (nSPS) is 15.2. The van der Waals surface area contributed by atoms with Crippen molar-refractivity contribution < 1.29 is 0 Å². The van der Waals surface area contributed by atoms with Crippen LogP contribution in [0, 0.1) is 6.04 Å². The number of fused-ring (bicyclic) bond motifs is 10. The molecule has 0 fully saturated rings. The maximum absolute atomic E-state index is 2.74. The minimum absolute atomic E-state index is 0.293. The monoisotopic (exact) mass is 835 g/mol. The SMILES string of the molecule is CC(C)c1cccc(C(C)C)c1N1[C](c2ccc(N3c4ccccc4C4(c5ccccc5-c5ccccc54)c4ccccc43)cc2)c2ccccc2C1(c1ccccc1)c1ccccc1. The van der Waals surface area contributed by atoms with Crippen LogP contribution in [0.2, 0.25) is 0 Å². The van der Waals surface area contributed by atoms with Crippen molar-refractivity contribution in [3.05, 3.63) is 292 Å². The molecule has 12 rings (SSSR count). The molecule has 0 aromatic heterocycles. The van der Waals surface area contributed by atoms with Gasteiger partial charge in [0.2, 0.25) is 0 Å². The van der Waals surface area contributed by atoms with Gasteiger partial charge in [-0.25, -0.2) is 0 Å². The van der Waals surface area contributed by atoms with Gasteiger partial charge in [-0.05, 0) is 108 Å². The Morgan fingerprint density at radius 1 is 0.354 bits per heavy atom. The zero-order chi connectivity index (χ0) is 43.9. The summed E-state index contributed by atoms with van der Waals surface area (Å²) in [5, 5.41) is 0. The zero-order valence-electron chi connectivity index (χ0n) is 37.4. The Kier molecular flexibility index (Phi) is 9.11. The lowest BCUT2D eigenvalue weighted by atomic mass is 9.64. The summed E-state index contributed by atoms with van der Waals surface area (Å²) in [5.74, 6) is 0.586. The van der Waals surface area contributed by atoms with E-state index in [1.54, 1.807) is 0 Å². The fraction of sp³-hybridized carbons (Fsp3) is 0.127. The highest BCUT2D eigenvalue weighted by Crippen LogP contribution is 2.64. The highest BCUT2D eigenvalue weighted by molar-refractivity contribution is 5.96. The molecule has 0 amide bonds. The van der Waals surface area contributed by atoms with Crippen LogP contribution in [0.1, 0.15) is 101 Å².